The Labute approximate surface area is 480 Å². The molecule has 0 rings (SSSR count). The summed E-state index contributed by atoms with van der Waals surface area (Å²) in [4.78, 5) is 23.4. The molecule has 0 aliphatic heterocycles. The number of carbonyl (C=O) groups is 1. The molecule has 0 saturated carbocycles. The number of rotatable bonds is 63. The van der Waals surface area contributed by atoms with Crippen LogP contribution in [0, 0.1) is 0 Å². The number of unbranched alkanes of at least 4 members (excludes halogenated alkanes) is 46. The van der Waals surface area contributed by atoms with E-state index in [1.165, 1.54) is 276 Å². The summed E-state index contributed by atoms with van der Waals surface area (Å²) in [5.41, 5.74) is 0. The molecule has 3 atom stereocenters. The quantitative estimate of drug-likeness (QED) is 0.0243. The van der Waals surface area contributed by atoms with Gasteiger partial charge in [0.25, 0.3) is 0 Å². The minimum Gasteiger partial charge on any atom is -0.387 e. The van der Waals surface area contributed by atoms with Crippen molar-refractivity contribution in [3.63, 3.8) is 0 Å². The number of nitrogens with zero attached hydrogens (tertiary/aromatic N) is 1. The summed E-state index contributed by atoms with van der Waals surface area (Å²) in [5.74, 6) is -0.171. The lowest BCUT2D eigenvalue weighted by molar-refractivity contribution is -0.870. The molecule has 456 valence electrons. The first-order valence-electron chi connectivity index (χ1n) is 33.9. The van der Waals surface area contributed by atoms with Crippen molar-refractivity contribution >= 4 is 13.7 Å². The van der Waals surface area contributed by atoms with Crippen LogP contribution in [0.25, 0.3) is 0 Å². The minimum atomic E-state index is -4.35. The molecule has 3 N–H and O–H groups in total. The highest BCUT2D eigenvalue weighted by Gasteiger charge is 2.28. The number of quaternary nitrogens is 1. The molecule has 0 bridgehead atoms. The van der Waals surface area contributed by atoms with E-state index >= 15 is 0 Å². The van der Waals surface area contributed by atoms with Gasteiger partial charge < -0.3 is 19.8 Å². The predicted octanol–water partition coefficient (Wildman–Crippen LogP) is 21.3. The van der Waals surface area contributed by atoms with Crippen molar-refractivity contribution in [2.45, 2.75) is 353 Å². The second-order valence-electron chi connectivity index (χ2n) is 24.6. The molecule has 77 heavy (non-hydrogen) atoms. The van der Waals surface area contributed by atoms with Crippen molar-refractivity contribution in [1.82, 2.24) is 5.32 Å². The van der Waals surface area contributed by atoms with Gasteiger partial charge in [0.1, 0.15) is 13.2 Å². The molecule has 8 nitrogen and oxygen atoms in total. The summed E-state index contributed by atoms with van der Waals surface area (Å²) < 4.78 is 23.8. The van der Waals surface area contributed by atoms with Gasteiger partial charge in [0.15, 0.2) is 0 Å². The summed E-state index contributed by atoms with van der Waals surface area (Å²) in [6.07, 6.45) is 78.5. The fraction of sp³-hybridized carbons (Fsp3) is 0.897. The van der Waals surface area contributed by atoms with Crippen molar-refractivity contribution in [1.29, 1.82) is 0 Å². The summed E-state index contributed by atoms with van der Waals surface area (Å²) in [6, 6.07) is -0.847. The van der Waals surface area contributed by atoms with Gasteiger partial charge in [0.2, 0.25) is 5.91 Å². The first-order chi connectivity index (χ1) is 37.5. The molecule has 0 aliphatic rings. The fourth-order valence-corrected chi connectivity index (χ4v) is 11.0. The molecule has 0 saturated heterocycles. The smallest absolute Gasteiger partial charge is 0.387 e. The number of allylic oxidation sites excluding steroid dienone is 5. The van der Waals surface area contributed by atoms with Crippen LogP contribution in [0.2, 0.25) is 0 Å². The molecule has 0 aliphatic carbocycles. The molecular weight excluding hydrogens is 972 g/mol. The van der Waals surface area contributed by atoms with E-state index in [-0.39, 0.29) is 19.1 Å². The maximum atomic E-state index is 13.0. The van der Waals surface area contributed by atoms with Crippen LogP contribution >= 0.6 is 7.82 Å². The van der Waals surface area contributed by atoms with E-state index < -0.39 is 20.0 Å². The molecule has 3 unspecified atom stereocenters. The topological polar surface area (TPSA) is 105 Å². The maximum absolute atomic E-state index is 13.0. The second kappa shape index (κ2) is 59.3. The summed E-state index contributed by atoms with van der Waals surface area (Å²) in [6.45, 7) is 4.87. The van der Waals surface area contributed by atoms with Gasteiger partial charge in [0, 0.05) is 6.42 Å². The van der Waals surface area contributed by atoms with Crippen LogP contribution in [0.15, 0.2) is 36.5 Å². The standard InChI is InChI=1S/C68H133N2O6P/c1-6-8-10-12-14-16-18-20-22-24-26-28-30-32-33-34-35-36-37-38-40-42-44-46-48-50-52-54-56-58-60-62-68(72)69-66(65-76-77(73,74)75-64-63-70(3,4)5)67(71)61-59-57-55-53-51-49-47-45-43-41-39-31-29-27-25-23-21-19-17-15-13-11-9-7-2/h26,28,32-33,59,61,66-67,71H,6-25,27,29-31,34-58,60,62-65H2,1-5H3,(H-,69,72,73,74)/p+1/b28-26-,33-32-,61-59+. The second-order valence-corrected chi connectivity index (χ2v) is 26.0. The molecule has 0 aromatic rings. The van der Waals surface area contributed by atoms with Crippen LogP contribution in [0.4, 0.5) is 0 Å². The largest absolute Gasteiger partial charge is 0.472 e. The normalized spacial score (nSPS) is 13.9. The molecule has 0 fully saturated rings. The number of carbonyl (C=O) groups excluding carboxylic acids is 1. The first kappa shape index (κ1) is 75.7. The number of amides is 1. The van der Waals surface area contributed by atoms with Crippen LogP contribution in [-0.4, -0.2) is 73.4 Å². The molecule has 9 heteroatoms. The highest BCUT2D eigenvalue weighted by Crippen LogP contribution is 2.43. The number of phosphoric ester groups is 1. The third-order valence-electron chi connectivity index (χ3n) is 15.6. The Morgan fingerprint density at radius 1 is 0.442 bits per heavy atom. The van der Waals surface area contributed by atoms with Crippen LogP contribution in [0.1, 0.15) is 341 Å². The number of hydrogen-bond acceptors (Lipinski definition) is 5. The van der Waals surface area contributed by atoms with Crippen molar-refractivity contribution in [3.05, 3.63) is 36.5 Å². The van der Waals surface area contributed by atoms with Crippen LogP contribution in [-0.2, 0) is 18.4 Å². The zero-order chi connectivity index (χ0) is 56.3. The van der Waals surface area contributed by atoms with Gasteiger partial charge in [-0.2, -0.15) is 0 Å². The minimum absolute atomic E-state index is 0.0629. The zero-order valence-electron chi connectivity index (χ0n) is 52.2. The van der Waals surface area contributed by atoms with E-state index in [2.05, 4.69) is 43.5 Å². The van der Waals surface area contributed by atoms with E-state index in [1.54, 1.807) is 6.08 Å². The Bertz CT molecular complexity index is 1350. The Hall–Kier alpha value is -1.28. The predicted molar refractivity (Wildman–Crippen MR) is 337 cm³/mol. The SMILES string of the molecule is CCCCCCCCCCC/C=C\C/C=C\CCCCCCCCCCCCCCCCCC(=O)NC(COP(=O)(O)OCC[N+](C)(C)C)C(O)/C=C/CCCCCCCCCCCCCCCCCCCCCCCC. The van der Waals surface area contributed by atoms with Gasteiger partial charge in [-0.25, -0.2) is 4.57 Å². The number of aliphatic hydroxyl groups is 1. The van der Waals surface area contributed by atoms with Crippen molar-refractivity contribution < 1.29 is 32.9 Å². The average molecular weight is 1110 g/mol. The lowest BCUT2D eigenvalue weighted by Gasteiger charge is -2.25. The zero-order valence-corrected chi connectivity index (χ0v) is 53.1. The average Bonchev–Trinajstić information content (AvgIpc) is 3.39. The Morgan fingerprint density at radius 3 is 1.06 bits per heavy atom. The van der Waals surface area contributed by atoms with E-state index in [0.29, 0.717) is 17.4 Å². The molecule has 0 radical (unpaired) electrons. The van der Waals surface area contributed by atoms with E-state index in [9.17, 15) is 19.4 Å². The van der Waals surface area contributed by atoms with E-state index in [0.717, 1.165) is 44.9 Å². The molecule has 0 heterocycles. The van der Waals surface area contributed by atoms with Crippen molar-refractivity contribution in [3.8, 4) is 0 Å². The van der Waals surface area contributed by atoms with Gasteiger partial charge in [-0.3, -0.25) is 13.8 Å². The molecule has 1 amide bonds. The van der Waals surface area contributed by atoms with Gasteiger partial charge in [-0.05, 0) is 51.4 Å². The molecular formula is C68H134N2O6P+. The maximum Gasteiger partial charge on any atom is 0.472 e. The third kappa shape index (κ3) is 62.2. The lowest BCUT2D eigenvalue weighted by atomic mass is 10.0. The van der Waals surface area contributed by atoms with Gasteiger partial charge in [-0.1, -0.05) is 320 Å². The highest BCUT2D eigenvalue weighted by molar-refractivity contribution is 7.47. The summed E-state index contributed by atoms with van der Waals surface area (Å²) in [5, 5.41) is 14.0. The first-order valence-corrected chi connectivity index (χ1v) is 35.4. The Balaban J connectivity index is 4.07. The number of aliphatic hydroxyl groups excluding tert-OH is 1. The van der Waals surface area contributed by atoms with E-state index in [4.69, 9.17) is 9.05 Å². The molecule has 0 aromatic carbocycles. The number of hydrogen-bond donors (Lipinski definition) is 3. The fourth-order valence-electron chi connectivity index (χ4n) is 10.3. The van der Waals surface area contributed by atoms with E-state index in [1.807, 2.05) is 27.2 Å². The van der Waals surface area contributed by atoms with Crippen molar-refractivity contribution in [2.24, 2.45) is 0 Å². The Morgan fingerprint density at radius 2 is 0.740 bits per heavy atom. The number of phosphoric acid groups is 1. The van der Waals surface area contributed by atoms with Crippen LogP contribution < -0.4 is 5.32 Å². The molecule has 0 spiro atoms. The van der Waals surface area contributed by atoms with Crippen molar-refractivity contribution in [2.75, 3.05) is 40.9 Å². The monoisotopic (exact) mass is 1110 g/mol. The lowest BCUT2D eigenvalue weighted by Crippen LogP contribution is -2.45. The van der Waals surface area contributed by atoms with Crippen LogP contribution in [0.5, 0.6) is 0 Å². The third-order valence-corrected chi connectivity index (χ3v) is 16.6. The number of likely N-dealkylation sites (N-methyl/N-ethyl adjacent to an activating group) is 1. The van der Waals surface area contributed by atoms with Gasteiger partial charge in [0.05, 0.1) is 39.9 Å². The summed E-state index contributed by atoms with van der Waals surface area (Å²) in [7, 11) is 1.59. The Kier molecular flexibility index (Phi) is 58.4. The van der Waals surface area contributed by atoms with Crippen LogP contribution in [0.3, 0.4) is 0 Å². The number of nitrogens with one attached hydrogen (secondary N) is 1. The highest BCUT2D eigenvalue weighted by atomic mass is 31.2. The molecule has 0 aromatic heterocycles. The van der Waals surface area contributed by atoms with Gasteiger partial charge in [-0.15, -0.1) is 0 Å². The van der Waals surface area contributed by atoms with Gasteiger partial charge >= 0.3 is 7.82 Å². The summed E-state index contributed by atoms with van der Waals surface area (Å²) >= 11 is 0.